The third-order valence-electron chi connectivity index (χ3n) is 4.11. The lowest BCUT2D eigenvalue weighted by atomic mass is 10.1. The van der Waals surface area contributed by atoms with E-state index in [2.05, 4.69) is 20.8 Å². The molecular weight excluding hydrogens is 404 g/mol. The Morgan fingerprint density at radius 1 is 1.03 bits per heavy atom. The third kappa shape index (κ3) is 5.32. The van der Waals surface area contributed by atoms with Crippen LogP contribution < -0.4 is 20.1 Å². The van der Waals surface area contributed by atoms with Crippen LogP contribution in [-0.2, 0) is 6.54 Å². The van der Waals surface area contributed by atoms with Gasteiger partial charge in [0.05, 0.1) is 13.7 Å². The first-order valence-corrected chi connectivity index (χ1v) is 10.1. The fourth-order valence-electron chi connectivity index (χ4n) is 2.66. The van der Waals surface area contributed by atoms with E-state index in [4.69, 9.17) is 9.47 Å². The number of carbonyl (C=O) groups is 2. The van der Waals surface area contributed by atoms with Crippen LogP contribution in [0.5, 0.6) is 11.5 Å². The summed E-state index contributed by atoms with van der Waals surface area (Å²) >= 11 is 1.22. The number of aryl methyl sites for hydroxylation is 1. The van der Waals surface area contributed by atoms with Crippen molar-refractivity contribution in [2.45, 2.75) is 20.4 Å². The molecule has 1 aromatic heterocycles. The van der Waals surface area contributed by atoms with Gasteiger partial charge in [0, 0.05) is 17.8 Å². The largest absolute Gasteiger partial charge is 0.493 e. The van der Waals surface area contributed by atoms with Gasteiger partial charge in [0.25, 0.3) is 11.8 Å². The lowest BCUT2D eigenvalue weighted by Gasteiger charge is -2.12. The number of methoxy groups -OCH3 is 1. The van der Waals surface area contributed by atoms with Crippen LogP contribution in [0.2, 0.25) is 0 Å². The number of amides is 2. The van der Waals surface area contributed by atoms with E-state index in [1.54, 1.807) is 38.3 Å². The van der Waals surface area contributed by atoms with Gasteiger partial charge < -0.3 is 20.1 Å². The van der Waals surface area contributed by atoms with Crippen molar-refractivity contribution >= 4 is 28.8 Å². The van der Waals surface area contributed by atoms with Gasteiger partial charge in [-0.05, 0) is 55.8 Å². The highest BCUT2D eigenvalue weighted by molar-refractivity contribution is 7.13. The normalized spacial score (nSPS) is 10.4. The van der Waals surface area contributed by atoms with Crippen LogP contribution in [0.1, 0.15) is 37.7 Å². The van der Waals surface area contributed by atoms with Crippen molar-refractivity contribution in [2.75, 3.05) is 19.0 Å². The average Bonchev–Trinajstić information content (AvgIpc) is 3.20. The van der Waals surface area contributed by atoms with Crippen LogP contribution in [0, 0.1) is 6.92 Å². The van der Waals surface area contributed by atoms with Gasteiger partial charge in [-0.2, -0.15) is 0 Å². The molecule has 0 fully saturated rings. The van der Waals surface area contributed by atoms with Crippen LogP contribution in [0.25, 0.3) is 0 Å². The first kappa shape index (κ1) is 21.3. The van der Waals surface area contributed by atoms with Crippen molar-refractivity contribution in [2.24, 2.45) is 0 Å². The molecule has 3 rings (SSSR count). The maximum atomic E-state index is 12.4. The van der Waals surface area contributed by atoms with Gasteiger partial charge in [-0.25, -0.2) is 0 Å². The van der Waals surface area contributed by atoms with Gasteiger partial charge in [-0.3, -0.25) is 9.59 Å². The van der Waals surface area contributed by atoms with Gasteiger partial charge in [-0.1, -0.05) is 17.4 Å². The minimum atomic E-state index is -0.331. The number of aromatic nitrogens is 2. The summed E-state index contributed by atoms with van der Waals surface area (Å²) in [5, 5.41) is 14.3. The van der Waals surface area contributed by atoms with Gasteiger partial charge in [0.15, 0.2) is 11.5 Å². The monoisotopic (exact) mass is 426 g/mol. The molecule has 8 nitrogen and oxygen atoms in total. The van der Waals surface area contributed by atoms with Crippen LogP contribution >= 0.6 is 11.3 Å². The Bertz CT molecular complexity index is 1030. The molecule has 0 saturated heterocycles. The Morgan fingerprint density at radius 3 is 2.43 bits per heavy atom. The van der Waals surface area contributed by atoms with Gasteiger partial charge in [0.2, 0.25) is 5.01 Å². The highest BCUT2D eigenvalue weighted by atomic mass is 32.1. The van der Waals surface area contributed by atoms with E-state index in [-0.39, 0.29) is 11.8 Å². The van der Waals surface area contributed by atoms with Gasteiger partial charge in [0.1, 0.15) is 5.01 Å². The molecule has 0 aliphatic heterocycles. The summed E-state index contributed by atoms with van der Waals surface area (Å²) in [7, 11) is 1.58. The molecule has 0 aliphatic carbocycles. The second kappa shape index (κ2) is 9.84. The summed E-state index contributed by atoms with van der Waals surface area (Å²) in [6, 6.07) is 12.2. The van der Waals surface area contributed by atoms with Crippen molar-refractivity contribution < 1.29 is 19.1 Å². The molecule has 2 aromatic carbocycles. The van der Waals surface area contributed by atoms with Crippen molar-refractivity contribution in [1.29, 1.82) is 0 Å². The minimum absolute atomic E-state index is 0.222. The number of hydrogen-bond donors (Lipinski definition) is 2. The second-order valence-corrected chi connectivity index (χ2v) is 7.44. The molecule has 2 amide bonds. The number of ether oxygens (including phenoxy) is 2. The molecule has 156 valence electrons. The lowest BCUT2D eigenvalue weighted by Crippen LogP contribution is -2.22. The molecule has 0 aliphatic rings. The van der Waals surface area contributed by atoms with Crippen LogP contribution in [-0.4, -0.2) is 35.7 Å². The predicted molar refractivity (Wildman–Crippen MR) is 114 cm³/mol. The van der Waals surface area contributed by atoms with E-state index in [0.717, 1.165) is 10.6 Å². The van der Waals surface area contributed by atoms with Crippen LogP contribution in [0.15, 0.2) is 42.5 Å². The maximum absolute atomic E-state index is 12.4. The molecule has 3 aromatic rings. The van der Waals surface area contributed by atoms with E-state index in [1.165, 1.54) is 11.3 Å². The lowest BCUT2D eigenvalue weighted by molar-refractivity contribution is 0.0950. The summed E-state index contributed by atoms with van der Waals surface area (Å²) in [5.41, 5.74) is 1.94. The Balaban J connectivity index is 1.57. The summed E-state index contributed by atoms with van der Waals surface area (Å²) in [6.07, 6.45) is 0. The highest BCUT2D eigenvalue weighted by Gasteiger charge is 2.12. The molecule has 30 heavy (non-hydrogen) atoms. The van der Waals surface area contributed by atoms with Crippen LogP contribution in [0.3, 0.4) is 0 Å². The molecule has 0 atom stereocenters. The average molecular weight is 426 g/mol. The Hall–Kier alpha value is -3.46. The van der Waals surface area contributed by atoms with Gasteiger partial charge in [-0.15, -0.1) is 10.2 Å². The molecular formula is C21H22N4O4S. The quantitative estimate of drug-likeness (QED) is 0.572. The van der Waals surface area contributed by atoms with Crippen molar-refractivity contribution in [1.82, 2.24) is 15.5 Å². The van der Waals surface area contributed by atoms with E-state index < -0.39 is 0 Å². The topological polar surface area (TPSA) is 102 Å². The van der Waals surface area contributed by atoms with Crippen molar-refractivity contribution in [3.63, 3.8) is 0 Å². The minimum Gasteiger partial charge on any atom is -0.493 e. The second-order valence-electron chi connectivity index (χ2n) is 6.26. The number of hydrogen-bond acceptors (Lipinski definition) is 7. The zero-order valence-corrected chi connectivity index (χ0v) is 17.7. The van der Waals surface area contributed by atoms with Gasteiger partial charge >= 0.3 is 0 Å². The maximum Gasteiger partial charge on any atom is 0.286 e. The fraction of sp³-hybridized carbons (Fsp3) is 0.238. The summed E-state index contributed by atoms with van der Waals surface area (Å²) < 4.78 is 10.8. The molecule has 0 saturated carbocycles. The summed E-state index contributed by atoms with van der Waals surface area (Å²) in [6.45, 7) is 4.58. The number of anilines is 1. The molecule has 0 bridgehead atoms. The van der Waals surface area contributed by atoms with E-state index in [9.17, 15) is 9.59 Å². The standard InChI is InChI=1S/C21H22N4O4S/c1-4-29-17-10-5-14(11-18(17)28-3)12-22-19(26)15-6-8-16(9-7-15)23-20(27)21-25-24-13(2)30-21/h5-11H,4,12H2,1-3H3,(H,22,26)(H,23,27). The predicted octanol–water partition coefficient (Wildman–Crippen LogP) is 3.44. The van der Waals surface area contributed by atoms with Crippen LogP contribution in [0.4, 0.5) is 5.69 Å². The van der Waals surface area contributed by atoms with Crippen molar-refractivity contribution in [3.8, 4) is 11.5 Å². The number of nitrogens with zero attached hydrogens (tertiary/aromatic N) is 2. The van der Waals surface area contributed by atoms with E-state index >= 15 is 0 Å². The van der Waals surface area contributed by atoms with E-state index in [1.807, 2.05) is 25.1 Å². The smallest absolute Gasteiger partial charge is 0.286 e. The molecule has 0 radical (unpaired) electrons. The van der Waals surface area contributed by atoms with E-state index in [0.29, 0.717) is 40.9 Å². The number of rotatable bonds is 8. The van der Waals surface area contributed by atoms with Crippen molar-refractivity contribution in [3.05, 3.63) is 63.6 Å². The molecule has 0 unspecified atom stereocenters. The first-order chi connectivity index (χ1) is 14.5. The summed E-state index contributed by atoms with van der Waals surface area (Å²) in [4.78, 5) is 24.5. The SMILES string of the molecule is CCOc1ccc(CNC(=O)c2ccc(NC(=O)c3nnc(C)s3)cc2)cc1OC. The highest BCUT2D eigenvalue weighted by Crippen LogP contribution is 2.28. The molecule has 2 N–H and O–H groups in total. The summed E-state index contributed by atoms with van der Waals surface area (Å²) in [5.74, 6) is 0.730. The molecule has 1 heterocycles. The Morgan fingerprint density at radius 2 is 1.80 bits per heavy atom. The third-order valence-corrected chi connectivity index (χ3v) is 4.94. The molecule has 9 heteroatoms. The zero-order valence-electron chi connectivity index (χ0n) is 16.9. The number of carbonyl (C=O) groups excluding carboxylic acids is 2. The number of nitrogens with one attached hydrogen (secondary N) is 2. The molecule has 0 spiro atoms. The Labute approximate surface area is 178 Å². The zero-order chi connectivity index (χ0) is 21.5. The first-order valence-electron chi connectivity index (χ1n) is 9.29. The fourth-order valence-corrected chi connectivity index (χ4v) is 3.25. The number of benzene rings is 2. The Kier molecular flexibility index (Phi) is 6.97.